The van der Waals surface area contributed by atoms with Crippen LogP contribution in [0.5, 0.6) is 5.75 Å². The summed E-state index contributed by atoms with van der Waals surface area (Å²) in [6.45, 7) is 0.415. The van der Waals surface area contributed by atoms with Crippen LogP contribution in [0.2, 0.25) is 0 Å². The van der Waals surface area contributed by atoms with Gasteiger partial charge in [0, 0.05) is 30.5 Å². The molecule has 2 N–H and O–H groups in total. The van der Waals surface area contributed by atoms with Gasteiger partial charge in [0.05, 0.1) is 0 Å². The highest BCUT2D eigenvalue weighted by molar-refractivity contribution is 7.99. The van der Waals surface area contributed by atoms with Crippen molar-refractivity contribution in [2.45, 2.75) is 24.8 Å². The van der Waals surface area contributed by atoms with Gasteiger partial charge >= 0.3 is 5.97 Å². The molecule has 2 aliphatic heterocycles. The lowest BCUT2D eigenvalue weighted by Crippen LogP contribution is -2.55. The molecule has 2 aliphatic rings. The zero-order valence-electron chi connectivity index (χ0n) is 13.7. The third kappa shape index (κ3) is 3.89. The summed E-state index contributed by atoms with van der Waals surface area (Å²) in [7, 11) is 0. The molecule has 2 saturated heterocycles. The molecule has 2 heterocycles. The number of thioether (sulfide) groups is 1. The molecule has 8 heteroatoms. The van der Waals surface area contributed by atoms with Gasteiger partial charge in [-0.1, -0.05) is 6.07 Å². The number of carbonyl (C=O) groups is 3. The maximum atomic E-state index is 12.1. The highest BCUT2D eigenvalue weighted by atomic mass is 32.2. The fourth-order valence-electron chi connectivity index (χ4n) is 3.00. The summed E-state index contributed by atoms with van der Waals surface area (Å²) >= 11 is 1.51. The van der Waals surface area contributed by atoms with Crippen molar-refractivity contribution >= 4 is 35.2 Å². The van der Waals surface area contributed by atoms with Crippen molar-refractivity contribution in [3.8, 4) is 5.75 Å². The molecule has 134 valence electrons. The van der Waals surface area contributed by atoms with Crippen LogP contribution in [0, 0.1) is 0 Å². The van der Waals surface area contributed by atoms with Gasteiger partial charge in [0.15, 0.2) is 6.61 Å². The zero-order chi connectivity index (χ0) is 17.9. The Kier molecular flexibility index (Phi) is 5.17. The van der Waals surface area contributed by atoms with Crippen LogP contribution in [0.4, 0.5) is 5.69 Å². The number of benzene rings is 1. The molecule has 1 atom stereocenters. The quantitative estimate of drug-likeness (QED) is 0.789. The summed E-state index contributed by atoms with van der Waals surface area (Å²) in [5.74, 6) is 0.141. The van der Waals surface area contributed by atoms with Crippen molar-refractivity contribution in [3.05, 3.63) is 24.3 Å². The lowest BCUT2D eigenvalue weighted by molar-refractivity contribution is -0.146. The first kappa shape index (κ1) is 17.6. The van der Waals surface area contributed by atoms with Gasteiger partial charge < -0.3 is 20.1 Å². The number of nitrogens with one attached hydrogen (secondary N) is 1. The van der Waals surface area contributed by atoms with Crippen LogP contribution in [0.15, 0.2) is 24.3 Å². The maximum absolute atomic E-state index is 12.1. The Balaban J connectivity index is 1.59. The van der Waals surface area contributed by atoms with Crippen molar-refractivity contribution in [2.75, 3.05) is 29.6 Å². The normalized spacial score (nSPS) is 22.9. The van der Waals surface area contributed by atoms with Gasteiger partial charge in [-0.3, -0.25) is 9.59 Å². The Morgan fingerprint density at radius 2 is 2.24 bits per heavy atom. The number of carbonyl (C=O) groups excluding carboxylic acids is 2. The van der Waals surface area contributed by atoms with Gasteiger partial charge in [-0.25, -0.2) is 4.79 Å². The summed E-state index contributed by atoms with van der Waals surface area (Å²) in [6, 6.07) is 7.01. The minimum Gasteiger partial charge on any atom is -0.484 e. The van der Waals surface area contributed by atoms with E-state index in [2.05, 4.69) is 5.32 Å². The molecule has 0 aliphatic carbocycles. The van der Waals surface area contributed by atoms with Crippen molar-refractivity contribution in [2.24, 2.45) is 0 Å². The number of carboxylic acids is 1. The van der Waals surface area contributed by atoms with Crippen LogP contribution in [0.1, 0.15) is 19.3 Å². The monoisotopic (exact) mass is 364 g/mol. The molecule has 3 rings (SSSR count). The first-order chi connectivity index (χ1) is 12.0. The molecule has 7 nitrogen and oxygen atoms in total. The predicted molar refractivity (Wildman–Crippen MR) is 94.0 cm³/mol. The minimum atomic E-state index is -1.20. The standard InChI is InChI=1S/C17H20N2O5S/c20-14(18-17(16(22)23)6-8-25-11-17)10-24-13-4-1-3-12(9-13)19-7-2-5-15(19)21/h1,3-4,9H,2,5-8,10-11H2,(H,18,20)(H,22,23). The molecule has 0 aromatic heterocycles. The molecular formula is C17H20N2O5S. The first-order valence-corrected chi connectivity index (χ1v) is 9.31. The van der Waals surface area contributed by atoms with E-state index >= 15 is 0 Å². The van der Waals surface area contributed by atoms with Crippen LogP contribution in [0.3, 0.4) is 0 Å². The number of carboxylic acid groups (broad SMARTS) is 1. The van der Waals surface area contributed by atoms with Gasteiger partial charge in [0.1, 0.15) is 11.3 Å². The average molecular weight is 364 g/mol. The second-order valence-electron chi connectivity index (χ2n) is 6.17. The third-order valence-electron chi connectivity index (χ3n) is 4.38. The number of aliphatic carboxylic acids is 1. The van der Waals surface area contributed by atoms with Gasteiger partial charge in [-0.2, -0.15) is 11.8 Å². The van der Waals surface area contributed by atoms with Gasteiger partial charge in [0.2, 0.25) is 5.91 Å². The summed E-state index contributed by atoms with van der Waals surface area (Å²) in [6.07, 6.45) is 1.79. The fourth-order valence-corrected chi connectivity index (χ4v) is 4.33. The molecule has 1 aromatic rings. The van der Waals surface area contributed by atoms with E-state index in [4.69, 9.17) is 4.74 Å². The van der Waals surface area contributed by atoms with E-state index in [1.165, 1.54) is 11.8 Å². The summed E-state index contributed by atoms with van der Waals surface area (Å²) in [5, 5.41) is 12.0. The molecule has 1 aromatic carbocycles. The Morgan fingerprint density at radius 3 is 2.88 bits per heavy atom. The smallest absolute Gasteiger partial charge is 0.330 e. The Labute approximate surface area is 149 Å². The van der Waals surface area contributed by atoms with Crippen LogP contribution in [-0.4, -0.2) is 53.1 Å². The van der Waals surface area contributed by atoms with Crippen LogP contribution < -0.4 is 15.0 Å². The van der Waals surface area contributed by atoms with E-state index in [1.54, 1.807) is 23.1 Å². The minimum absolute atomic E-state index is 0.0806. The maximum Gasteiger partial charge on any atom is 0.330 e. The Bertz CT molecular complexity index is 687. The Morgan fingerprint density at radius 1 is 1.40 bits per heavy atom. The first-order valence-electron chi connectivity index (χ1n) is 8.16. The second-order valence-corrected chi connectivity index (χ2v) is 7.28. The number of anilines is 1. The molecular weight excluding hydrogens is 344 g/mol. The van der Waals surface area contributed by atoms with Crippen LogP contribution >= 0.6 is 11.8 Å². The molecule has 0 radical (unpaired) electrons. The summed E-state index contributed by atoms with van der Waals surface area (Å²) in [4.78, 5) is 37.1. The van der Waals surface area contributed by atoms with Crippen molar-refractivity contribution < 1.29 is 24.2 Å². The van der Waals surface area contributed by atoms with E-state index in [9.17, 15) is 19.5 Å². The topological polar surface area (TPSA) is 95.9 Å². The molecule has 2 fully saturated rings. The molecule has 0 bridgehead atoms. The van der Waals surface area contributed by atoms with Gasteiger partial charge in [0.25, 0.3) is 5.91 Å². The largest absolute Gasteiger partial charge is 0.484 e. The molecule has 0 saturated carbocycles. The summed E-state index contributed by atoms with van der Waals surface area (Å²) in [5.41, 5.74) is -0.454. The van der Waals surface area contributed by atoms with Crippen molar-refractivity contribution in [1.82, 2.24) is 5.32 Å². The average Bonchev–Trinajstić information content (AvgIpc) is 3.23. The number of hydrogen-bond donors (Lipinski definition) is 2. The third-order valence-corrected chi connectivity index (χ3v) is 5.57. The number of ether oxygens (including phenoxy) is 1. The SMILES string of the molecule is O=C(COc1cccc(N2CCCC2=O)c1)NC1(C(=O)O)CCSC1. The van der Waals surface area contributed by atoms with E-state index in [0.29, 0.717) is 36.6 Å². The summed E-state index contributed by atoms with van der Waals surface area (Å²) < 4.78 is 5.49. The molecule has 1 unspecified atom stereocenters. The molecule has 25 heavy (non-hydrogen) atoms. The number of hydrogen-bond acceptors (Lipinski definition) is 5. The van der Waals surface area contributed by atoms with Gasteiger partial charge in [-0.15, -0.1) is 0 Å². The molecule has 0 spiro atoms. The highest BCUT2D eigenvalue weighted by Gasteiger charge is 2.43. The highest BCUT2D eigenvalue weighted by Crippen LogP contribution is 2.28. The van der Waals surface area contributed by atoms with Crippen LogP contribution in [0.25, 0.3) is 0 Å². The molecule has 2 amide bonds. The van der Waals surface area contributed by atoms with E-state index in [-0.39, 0.29) is 12.5 Å². The lowest BCUT2D eigenvalue weighted by atomic mass is 9.99. The van der Waals surface area contributed by atoms with E-state index < -0.39 is 17.4 Å². The van der Waals surface area contributed by atoms with Gasteiger partial charge in [-0.05, 0) is 30.7 Å². The van der Waals surface area contributed by atoms with Crippen molar-refractivity contribution in [1.29, 1.82) is 0 Å². The predicted octanol–water partition coefficient (Wildman–Crippen LogP) is 1.27. The van der Waals surface area contributed by atoms with Crippen molar-refractivity contribution in [3.63, 3.8) is 0 Å². The van der Waals surface area contributed by atoms with E-state index in [1.807, 2.05) is 6.07 Å². The van der Waals surface area contributed by atoms with Crippen LogP contribution in [-0.2, 0) is 14.4 Å². The van der Waals surface area contributed by atoms with E-state index in [0.717, 1.165) is 12.1 Å². The lowest BCUT2D eigenvalue weighted by Gasteiger charge is -2.24. The second kappa shape index (κ2) is 7.35. The number of amides is 2. The fraction of sp³-hybridized carbons (Fsp3) is 0.471. The zero-order valence-corrected chi connectivity index (χ0v) is 14.5. The number of nitrogens with zero attached hydrogens (tertiary/aromatic N) is 1. The number of rotatable bonds is 6. The Hall–Kier alpha value is -2.22.